The van der Waals surface area contributed by atoms with Gasteiger partial charge in [-0.25, -0.2) is 4.79 Å². The van der Waals surface area contributed by atoms with Gasteiger partial charge in [0.25, 0.3) is 0 Å². The fourth-order valence-electron chi connectivity index (χ4n) is 2.58. The molecular formula is C19H15BrO7. The normalized spacial score (nSPS) is 12.6. The van der Waals surface area contributed by atoms with Crippen molar-refractivity contribution in [2.75, 3.05) is 6.61 Å². The zero-order chi connectivity index (χ0) is 19.9. The Balaban J connectivity index is 2.05. The fraction of sp³-hybridized carbons (Fsp3) is 0.263. The number of hydrogen-bond donors (Lipinski definition) is 0. The molecule has 8 heteroatoms. The Hall–Kier alpha value is -2.74. The molecule has 1 aliphatic carbocycles. The van der Waals surface area contributed by atoms with Gasteiger partial charge < -0.3 is 13.9 Å². The SMILES string of the molecule is CC(=O)c1cc2c(o1)C(=O)c1ccc(Br)c(OC(=O)OCC(C)C)c1C2=O. The van der Waals surface area contributed by atoms with Crippen molar-refractivity contribution in [3.05, 3.63) is 50.9 Å². The molecule has 2 aromatic rings. The fourth-order valence-corrected chi connectivity index (χ4v) is 2.99. The largest absolute Gasteiger partial charge is 0.513 e. The van der Waals surface area contributed by atoms with Crippen molar-refractivity contribution in [2.24, 2.45) is 5.92 Å². The molecule has 0 spiro atoms. The van der Waals surface area contributed by atoms with Gasteiger partial charge in [-0.05, 0) is 40.0 Å². The number of Topliss-reactive ketones (excluding diaryl/α,β-unsaturated/α-hetero) is 1. The number of carbonyl (C=O) groups is 4. The predicted octanol–water partition coefficient (Wildman–Crippen LogP) is 4.19. The summed E-state index contributed by atoms with van der Waals surface area (Å²) in [6.45, 7) is 5.14. The molecule has 3 rings (SSSR count). The van der Waals surface area contributed by atoms with Gasteiger partial charge in [-0.3, -0.25) is 14.4 Å². The number of hydrogen-bond acceptors (Lipinski definition) is 7. The summed E-state index contributed by atoms with van der Waals surface area (Å²) < 4.78 is 15.7. The first-order valence-corrected chi connectivity index (χ1v) is 8.91. The Labute approximate surface area is 162 Å². The zero-order valence-corrected chi connectivity index (χ0v) is 16.3. The van der Waals surface area contributed by atoms with E-state index in [1.807, 2.05) is 13.8 Å². The monoisotopic (exact) mass is 434 g/mol. The van der Waals surface area contributed by atoms with Crippen LogP contribution >= 0.6 is 15.9 Å². The van der Waals surface area contributed by atoms with E-state index < -0.39 is 23.5 Å². The van der Waals surface area contributed by atoms with Crippen LogP contribution in [0.4, 0.5) is 4.79 Å². The van der Waals surface area contributed by atoms with Crippen LogP contribution in [0.2, 0.25) is 0 Å². The summed E-state index contributed by atoms with van der Waals surface area (Å²) in [5.74, 6) is -1.86. The zero-order valence-electron chi connectivity index (χ0n) is 14.8. The third-order valence-electron chi connectivity index (χ3n) is 3.83. The highest BCUT2D eigenvalue weighted by Gasteiger charge is 2.38. The average Bonchev–Trinajstić information content (AvgIpc) is 3.06. The molecule has 1 aliphatic rings. The highest BCUT2D eigenvalue weighted by molar-refractivity contribution is 9.10. The Bertz CT molecular complexity index is 984. The van der Waals surface area contributed by atoms with Gasteiger partial charge in [0.15, 0.2) is 23.1 Å². The number of carbonyl (C=O) groups excluding carboxylic acids is 4. The second-order valence-corrected chi connectivity index (χ2v) is 7.28. The number of ketones is 3. The van der Waals surface area contributed by atoms with Gasteiger partial charge >= 0.3 is 6.16 Å². The number of rotatable bonds is 4. The molecule has 1 aromatic heterocycles. The van der Waals surface area contributed by atoms with Gasteiger partial charge in [0.05, 0.1) is 22.2 Å². The van der Waals surface area contributed by atoms with Crippen LogP contribution in [0.1, 0.15) is 63.4 Å². The van der Waals surface area contributed by atoms with E-state index in [0.29, 0.717) is 4.47 Å². The Morgan fingerprint density at radius 1 is 1.15 bits per heavy atom. The van der Waals surface area contributed by atoms with Gasteiger partial charge in [0, 0.05) is 12.5 Å². The third kappa shape index (κ3) is 3.44. The summed E-state index contributed by atoms with van der Waals surface area (Å²) in [4.78, 5) is 49.1. The van der Waals surface area contributed by atoms with Crippen LogP contribution in [0.3, 0.4) is 0 Å². The molecule has 0 fully saturated rings. The number of ether oxygens (including phenoxy) is 2. The van der Waals surface area contributed by atoms with Crippen molar-refractivity contribution in [2.45, 2.75) is 20.8 Å². The first-order valence-electron chi connectivity index (χ1n) is 8.12. The van der Waals surface area contributed by atoms with Crippen molar-refractivity contribution in [1.82, 2.24) is 0 Å². The molecule has 0 unspecified atom stereocenters. The van der Waals surface area contributed by atoms with Crippen molar-refractivity contribution in [1.29, 1.82) is 0 Å². The predicted molar refractivity (Wildman–Crippen MR) is 96.5 cm³/mol. The maximum Gasteiger partial charge on any atom is 0.513 e. The minimum atomic E-state index is -0.986. The lowest BCUT2D eigenvalue weighted by Crippen LogP contribution is -2.22. The van der Waals surface area contributed by atoms with Gasteiger partial charge in [-0.1, -0.05) is 13.8 Å². The Morgan fingerprint density at radius 3 is 2.48 bits per heavy atom. The molecule has 140 valence electrons. The minimum absolute atomic E-state index is 0.0202. The first kappa shape index (κ1) is 19.0. The quantitative estimate of drug-likeness (QED) is 0.344. The molecule has 7 nitrogen and oxygen atoms in total. The standard InChI is InChI=1S/C19H15BrO7/c1-8(2)7-25-19(24)27-18-12(20)5-4-10-14(18)15(22)11-6-13(9(3)21)26-17(11)16(10)23/h4-6,8H,7H2,1-3H3. The van der Waals surface area contributed by atoms with E-state index in [9.17, 15) is 19.2 Å². The van der Waals surface area contributed by atoms with Crippen LogP contribution in [0, 0.1) is 5.92 Å². The smallest absolute Gasteiger partial charge is 0.449 e. The highest BCUT2D eigenvalue weighted by atomic mass is 79.9. The van der Waals surface area contributed by atoms with E-state index in [1.165, 1.54) is 25.1 Å². The van der Waals surface area contributed by atoms with Crippen LogP contribution < -0.4 is 4.74 Å². The summed E-state index contributed by atoms with van der Waals surface area (Å²) >= 11 is 3.23. The summed E-state index contributed by atoms with van der Waals surface area (Å²) in [7, 11) is 0. The maximum atomic E-state index is 12.9. The summed E-state index contributed by atoms with van der Waals surface area (Å²) in [6.07, 6.45) is -0.986. The third-order valence-corrected chi connectivity index (χ3v) is 4.46. The Morgan fingerprint density at radius 2 is 1.85 bits per heavy atom. The topological polar surface area (TPSA) is 99.9 Å². The van der Waals surface area contributed by atoms with Crippen LogP contribution in [0.15, 0.2) is 27.1 Å². The maximum absolute atomic E-state index is 12.9. The van der Waals surface area contributed by atoms with E-state index in [-0.39, 0.29) is 46.5 Å². The van der Waals surface area contributed by atoms with E-state index in [0.717, 1.165) is 0 Å². The molecule has 1 aromatic carbocycles. The van der Waals surface area contributed by atoms with Crippen molar-refractivity contribution >= 4 is 39.4 Å². The van der Waals surface area contributed by atoms with Crippen LogP contribution in [0.5, 0.6) is 5.75 Å². The molecule has 27 heavy (non-hydrogen) atoms. The van der Waals surface area contributed by atoms with Crippen LogP contribution in [-0.2, 0) is 4.74 Å². The minimum Gasteiger partial charge on any atom is -0.449 e. The van der Waals surface area contributed by atoms with Gasteiger partial charge in [-0.2, -0.15) is 0 Å². The van der Waals surface area contributed by atoms with Crippen LogP contribution in [0.25, 0.3) is 0 Å². The second-order valence-electron chi connectivity index (χ2n) is 6.42. The molecule has 0 saturated carbocycles. The summed E-state index contributed by atoms with van der Waals surface area (Å²) in [5.41, 5.74) is -0.109. The molecular weight excluding hydrogens is 420 g/mol. The lowest BCUT2D eigenvalue weighted by molar-refractivity contribution is 0.0864. The van der Waals surface area contributed by atoms with Crippen molar-refractivity contribution < 1.29 is 33.1 Å². The van der Waals surface area contributed by atoms with Crippen LogP contribution in [-0.4, -0.2) is 30.1 Å². The number of fused-ring (bicyclic) bond motifs is 2. The molecule has 0 aliphatic heterocycles. The van der Waals surface area contributed by atoms with E-state index >= 15 is 0 Å². The second kappa shape index (κ2) is 7.11. The summed E-state index contributed by atoms with van der Waals surface area (Å²) in [6, 6.07) is 4.13. The van der Waals surface area contributed by atoms with Gasteiger partial charge in [-0.15, -0.1) is 0 Å². The van der Waals surface area contributed by atoms with Gasteiger partial charge in [0.2, 0.25) is 11.6 Å². The number of benzene rings is 1. The number of furan rings is 1. The van der Waals surface area contributed by atoms with Gasteiger partial charge in [0.1, 0.15) is 0 Å². The molecule has 0 N–H and O–H groups in total. The van der Waals surface area contributed by atoms with E-state index in [4.69, 9.17) is 13.9 Å². The molecule has 1 heterocycles. The molecule has 0 amide bonds. The first-order chi connectivity index (χ1) is 12.7. The molecule has 0 radical (unpaired) electrons. The Kier molecular flexibility index (Phi) is 5.01. The molecule has 0 saturated heterocycles. The van der Waals surface area contributed by atoms with Crippen molar-refractivity contribution in [3.8, 4) is 5.75 Å². The average molecular weight is 435 g/mol. The number of halogens is 1. The lowest BCUT2D eigenvalue weighted by Gasteiger charge is -2.18. The highest BCUT2D eigenvalue weighted by Crippen LogP contribution is 2.39. The molecule has 0 bridgehead atoms. The summed E-state index contributed by atoms with van der Waals surface area (Å²) in [5, 5.41) is 0. The molecule has 0 atom stereocenters. The lowest BCUT2D eigenvalue weighted by atomic mass is 9.88. The van der Waals surface area contributed by atoms with E-state index in [2.05, 4.69) is 15.9 Å². The van der Waals surface area contributed by atoms with Crippen molar-refractivity contribution in [3.63, 3.8) is 0 Å². The van der Waals surface area contributed by atoms with E-state index in [1.54, 1.807) is 0 Å².